The van der Waals surface area contributed by atoms with Crippen LogP contribution in [0.1, 0.15) is 79.2 Å². The molecule has 1 heterocycles. The number of ketones is 1. The van der Waals surface area contributed by atoms with Gasteiger partial charge in [-0.1, -0.05) is 46.1 Å². The largest absolute Gasteiger partial charge is 0.444 e. The number of rotatable bonds is 4. The summed E-state index contributed by atoms with van der Waals surface area (Å²) in [5, 5.41) is 2.82. The Labute approximate surface area is 204 Å². The third kappa shape index (κ3) is 6.30. The molecule has 7 nitrogen and oxygen atoms in total. The number of aryl methyl sites for hydroxylation is 1. The first kappa shape index (κ1) is 26.0. The van der Waals surface area contributed by atoms with Gasteiger partial charge >= 0.3 is 6.09 Å². The molecule has 1 aliphatic carbocycles. The lowest BCUT2D eigenvalue weighted by Gasteiger charge is -2.37. The fourth-order valence-electron chi connectivity index (χ4n) is 4.61. The summed E-state index contributed by atoms with van der Waals surface area (Å²) in [4.78, 5) is 43.5. The van der Waals surface area contributed by atoms with E-state index in [4.69, 9.17) is 4.74 Å². The summed E-state index contributed by atoms with van der Waals surface area (Å²) >= 11 is 0. The van der Waals surface area contributed by atoms with Gasteiger partial charge in [-0.2, -0.15) is 0 Å². The SMILES string of the molecule is Cc1ccc2c(c1)N(CC(=O)C(C)(C)C)C(=O)C(NC(=O)OC(C)(C)C)CN2C1CCCCC1. The minimum atomic E-state index is -0.822. The number of hydrogen-bond acceptors (Lipinski definition) is 5. The maximum Gasteiger partial charge on any atom is 0.408 e. The second kappa shape index (κ2) is 9.96. The lowest BCUT2D eigenvalue weighted by molar-refractivity contribution is -0.127. The highest BCUT2D eigenvalue weighted by molar-refractivity contribution is 6.07. The van der Waals surface area contributed by atoms with E-state index in [2.05, 4.69) is 16.3 Å². The zero-order chi connectivity index (χ0) is 25.3. The highest BCUT2D eigenvalue weighted by atomic mass is 16.6. The molecule has 1 atom stereocenters. The van der Waals surface area contributed by atoms with Crippen LogP contribution in [0.15, 0.2) is 18.2 Å². The van der Waals surface area contributed by atoms with E-state index < -0.39 is 23.2 Å². The second-order valence-corrected chi connectivity index (χ2v) is 11.7. The van der Waals surface area contributed by atoms with Gasteiger partial charge < -0.3 is 19.9 Å². The van der Waals surface area contributed by atoms with Gasteiger partial charge in [0.15, 0.2) is 5.78 Å². The molecule has 1 N–H and O–H groups in total. The number of ether oxygens (including phenoxy) is 1. The van der Waals surface area contributed by atoms with E-state index in [-0.39, 0.29) is 24.3 Å². The van der Waals surface area contributed by atoms with Crippen LogP contribution in [0.5, 0.6) is 0 Å². The van der Waals surface area contributed by atoms with E-state index in [1.165, 1.54) is 6.42 Å². The Bertz CT molecular complexity index is 923. The van der Waals surface area contributed by atoms with E-state index in [9.17, 15) is 14.4 Å². The van der Waals surface area contributed by atoms with Gasteiger partial charge in [0.1, 0.15) is 11.6 Å². The summed E-state index contributed by atoms with van der Waals surface area (Å²) in [5.41, 5.74) is 1.43. The van der Waals surface area contributed by atoms with Gasteiger partial charge in [0.25, 0.3) is 5.91 Å². The molecule has 3 rings (SSSR count). The summed E-state index contributed by atoms with van der Waals surface area (Å²) in [6.07, 6.45) is 4.97. The standard InChI is InChI=1S/C27H41N3O4/c1-18-13-14-21-22(15-18)30(17-23(31)26(2,3)4)24(32)20(28-25(33)34-27(5,6)7)16-29(21)19-11-9-8-10-12-19/h13-15,19-20H,8-12,16-17H2,1-7H3,(H,28,33). The van der Waals surface area contributed by atoms with Crippen molar-refractivity contribution in [2.75, 3.05) is 22.9 Å². The van der Waals surface area contributed by atoms with Crippen LogP contribution >= 0.6 is 0 Å². The molecule has 7 heteroatoms. The van der Waals surface area contributed by atoms with Crippen molar-refractivity contribution in [3.63, 3.8) is 0 Å². The number of nitrogens with zero attached hydrogens (tertiary/aromatic N) is 2. The number of anilines is 2. The van der Waals surface area contributed by atoms with Crippen molar-refractivity contribution in [3.05, 3.63) is 23.8 Å². The topological polar surface area (TPSA) is 79.0 Å². The molecule has 2 aliphatic rings. The van der Waals surface area contributed by atoms with Crippen LogP contribution in [-0.4, -0.2) is 48.6 Å². The number of nitrogens with one attached hydrogen (secondary N) is 1. The van der Waals surface area contributed by atoms with Crippen molar-refractivity contribution >= 4 is 29.2 Å². The Morgan fingerprint density at radius 3 is 2.26 bits per heavy atom. The van der Waals surface area contributed by atoms with Crippen molar-refractivity contribution in [1.82, 2.24) is 5.32 Å². The van der Waals surface area contributed by atoms with E-state index >= 15 is 0 Å². The fraction of sp³-hybridized carbons (Fsp3) is 0.667. The molecule has 0 bridgehead atoms. The molecule has 1 saturated carbocycles. The summed E-state index contributed by atoms with van der Waals surface area (Å²) in [5.74, 6) is -0.316. The Morgan fingerprint density at radius 1 is 1.03 bits per heavy atom. The number of Topliss-reactive ketones (excluding diaryl/α,β-unsaturated/α-hetero) is 1. The van der Waals surface area contributed by atoms with Gasteiger partial charge in [0.2, 0.25) is 0 Å². The molecule has 1 fully saturated rings. The molecule has 0 aromatic heterocycles. The van der Waals surface area contributed by atoms with Crippen molar-refractivity contribution in [1.29, 1.82) is 0 Å². The van der Waals surface area contributed by atoms with Crippen molar-refractivity contribution in [2.24, 2.45) is 5.41 Å². The van der Waals surface area contributed by atoms with Crippen LogP contribution in [0.3, 0.4) is 0 Å². The second-order valence-electron chi connectivity index (χ2n) is 11.7. The van der Waals surface area contributed by atoms with Crippen LogP contribution in [-0.2, 0) is 14.3 Å². The highest BCUT2D eigenvalue weighted by Gasteiger charge is 2.39. The van der Waals surface area contributed by atoms with Gasteiger partial charge in [0.05, 0.1) is 17.9 Å². The van der Waals surface area contributed by atoms with Crippen LogP contribution in [0.2, 0.25) is 0 Å². The predicted octanol–water partition coefficient (Wildman–Crippen LogP) is 4.99. The van der Waals surface area contributed by atoms with E-state index in [0.717, 1.165) is 42.6 Å². The maximum atomic E-state index is 13.9. The average molecular weight is 472 g/mol. The van der Waals surface area contributed by atoms with Crippen molar-refractivity contribution < 1.29 is 19.1 Å². The first-order valence-corrected chi connectivity index (χ1v) is 12.5. The molecular formula is C27H41N3O4. The van der Waals surface area contributed by atoms with Crippen LogP contribution in [0, 0.1) is 12.3 Å². The zero-order valence-corrected chi connectivity index (χ0v) is 21.9. The van der Waals surface area contributed by atoms with Crippen molar-refractivity contribution in [2.45, 2.75) is 98.3 Å². The molecule has 188 valence electrons. The molecule has 34 heavy (non-hydrogen) atoms. The first-order chi connectivity index (χ1) is 15.8. The van der Waals surface area contributed by atoms with Gasteiger partial charge in [-0.25, -0.2) is 4.79 Å². The monoisotopic (exact) mass is 471 g/mol. The minimum absolute atomic E-state index is 0.0320. The molecule has 0 spiro atoms. The van der Waals surface area contributed by atoms with Gasteiger partial charge in [0, 0.05) is 18.0 Å². The fourth-order valence-corrected chi connectivity index (χ4v) is 4.61. The summed E-state index contributed by atoms with van der Waals surface area (Å²) < 4.78 is 5.47. The average Bonchev–Trinajstić information content (AvgIpc) is 2.82. The lowest BCUT2D eigenvalue weighted by Crippen LogP contribution is -2.55. The lowest BCUT2D eigenvalue weighted by atomic mass is 9.90. The maximum absolute atomic E-state index is 13.9. The summed E-state index contributed by atoms with van der Waals surface area (Å²) in [6.45, 7) is 13.3. The Balaban J connectivity index is 2.05. The quantitative estimate of drug-likeness (QED) is 0.669. The van der Waals surface area contributed by atoms with Gasteiger partial charge in [-0.15, -0.1) is 0 Å². The smallest absolute Gasteiger partial charge is 0.408 e. The molecule has 0 radical (unpaired) electrons. The highest BCUT2D eigenvalue weighted by Crippen LogP contribution is 2.38. The Kier molecular flexibility index (Phi) is 7.63. The van der Waals surface area contributed by atoms with E-state index in [0.29, 0.717) is 6.54 Å². The number of hydrogen-bond donors (Lipinski definition) is 1. The molecule has 1 aliphatic heterocycles. The predicted molar refractivity (Wildman–Crippen MR) is 135 cm³/mol. The molecule has 1 unspecified atom stereocenters. The minimum Gasteiger partial charge on any atom is -0.444 e. The van der Waals surface area contributed by atoms with Crippen LogP contribution < -0.4 is 15.1 Å². The summed E-state index contributed by atoms with van der Waals surface area (Å²) in [7, 11) is 0. The van der Waals surface area contributed by atoms with Crippen LogP contribution in [0.25, 0.3) is 0 Å². The molecule has 2 amide bonds. The summed E-state index contributed by atoms with van der Waals surface area (Å²) in [6, 6.07) is 5.54. The number of alkyl carbamates (subject to hydrolysis) is 1. The van der Waals surface area contributed by atoms with Crippen LogP contribution in [0.4, 0.5) is 16.2 Å². The van der Waals surface area contributed by atoms with E-state index in [1.807, 2.05) is 39.8 Å². The Hall–Kier alpha value is -2.57. The molecular weight excluding hydrogens is 430 g/mol. The third-order valence-electron chi connectivity index (χ3n) is 6.52. The normalized spacial score (nSPS) is 20.0. The van der Waals surface area contributed by atoms with Gasteiger partial charge in [-0.3, -0.25) is 9.59 Å². The van der Waals surface area contributed by atoms with Crippen molar-refractivity contribution in [3.8, 4) is 0 Å². The number of amides is 2. The van der Waals surface area contributed by atoms with E-state index in [1.54, 1.807) is 25.7 Å². The first-order valence-electron chi connectivity index (χ1n) is 12.5. The molecule has 1 aromatic carbocycles. The molecule has 0 saturated heterocycles. The van der Waals surface area contributed by atoms with Gasteiger partial charge in [-0.05, 0) is 58.2 Å². The molecule has 1 aromatic rings. The number of fused-ring (bicyclic) bond motifs is 1. The number of carbonyl (C=O) groups is 3. The Morgan fingerprint density at radius 2 is 1.68 bits per heavy atom. The number of benzene rings is 1. The zero-order valence-electron chi connectivity index (χ0n) is 21.9. The number of carbonyl (C=O) groups excluding carboxylic acids is 3. The third-order valence-corrected chi connectivity index (χ3v) is 6.52.